The zero-order valence-electron chi connectivity index (χ0n) is 22.8. The lowest BCUT2D eigenvalue weighted by Gasteiger charge is -2.07. The van der Waals surface area contributed by atoms with Gasteiger partial charge in [0.05, 0.1) is 13.2 Å². The lowest BCUT2D eigenvalue weighted by Crippen LogP contribution is -2.27. The molecule has 0 rings (SSSR count). The van der Waals surface area contributed by atoms with Crippen LogP contribution in [0.1, 0.15) is 148 Å². The van der Waals surface area contributed by atoms with Crippen LogP contribution in [-0.2, 0) is 19.1 Å². The molecule has 0 radical (unpaired) electrons. The zero-order chi connectivity index (χ0) is 25.8. The molecule has 0 aromatic carbocycles. The third-order valence-electron chi connectivity index (χ3n) is 6.45. The van der Waals surface area contributed by atoms with Crippen LogP contribution in [0.15, 0.2) is 0 Å². The van der Waals surface area contributed by atoms with Gasteiger partial charge in [0.2, 0.25) is 5.91 Å². The summed E-state index contributed by atoms with van der Waals surface area (Å²) < 4.78 is 5.43. The quantitative estimate of drug-likeness (QED) is 0.110. The number of ketones is 1. The fourth-order valence-corrected chi connectivity index (χ4v) is 4.17. The second-order valence-electron chi connectivity index (χ2n) is 9.91. The van der Waals surface area contributed by atoms with Crippen LogP contribution < -0.4 is 5.32 Å². The molecule has 0 saturated carbocycles. The Morgan fingerprint density at radius 2 is 1.03 bits per heavy atom. The van der Waals surface area contributed by atoms with Crippen molar-refractivity contribution in [1.82, 2.24) is 5.32 Å². The topological polar surface area (TPSA) is 92.7 Å². The molecule has 206 valence electrons. The summed E-state index contributed by atoms with van der Waals surface area (Å²) >= 11 is 0. The van der Waals surface area contributed by atoms with Crippen LogP contribution in [0, 0.1) is 0 Å². The van der Waals surface area contributed by atoms with E-state index in [2.05, 4.69) is 12.2 Å². The van der Waals surface area contributed by atoms with Crippen LogP contribution in [0.25, 0.3) is 0 Å². The Morgan fingerprint density at radius 1 is 0.571 bits per heavy atom. The predicted molar refractivity (Wildman–Crippen MR) is 144 cm³/mol. The first-order valence-electron chi connectivity index (χ1n) is 14.6. The Morgan fingerprint density at radius 3 is 1.49 bits per heavy atom. The summed E-state index contributed by atoms with van der Waals surface area (Å²) in [6.07, 6.45) is 23.5. The van der Waals surface area contributed by atoms with E-state index in [0.29, 0.717) is 45.4 Å². The van der Waals surface area contributed by atoms with Crippen molar-refractivity contribution in [2.45, 2.75) is 148 Å². The number of Topliss-reactive ketones (excluding diaryl/α,β-unsaturated/α-hetero) is 1. The van der Waals surface area contributed by atoms with Crippen molar-refractivity contribution in [3.63, 3.8) is 0 Å². The van der Waals surface area contributed by atoms with Gasteiger partial charge in [0.1, 0.15) is 5.78 Å². The first-order valence-corrected chi connectivity index (χ1v) is 14.6. The number of carbonyl (C=O) groups excluding carboxylic acids is 2. The fourth-order valence-electron chi connectivity index (χ4n) is 4.17. The molecule has 0 aliphatic rings. The molecule has 0 saturated heterocycles. The van der Waals surface area contributed by atoms with Crippen molar-refractivity contribution in [1.29, 1.82) is 0 Å². The molecular formula is C29H55NO5. The van der Waals surface area contributed by atoms with E-state index in [1.165, 1.54) is 77.0 Å². The molecule has 0 bridgehead atoms. The Labute approximate surface area is 215 Å². The first kappa shape index (κ1) is 33.6. The Bertz CT molecular complexity index is 509. The van der Waals surface area contributed by atoms with Gasteiger partial charge in [0.15, 0.2) is 0 Å². The van der Waals surface area contributed by atoms with Crippen molar-refractivity contribution < 1.29 is 24.2 Å². The number of hydrogen-bond donors (Lipinski definition) is 2. The molecule has 35 heavy (non-hydrogen) atoms. The molecule has 0 unspecified atom stereocenters. The lowest BCUT2D eigenvalue weighted by molar-refractivity contribution is -0.137. The van der Waals surface area contributed by atoms with Gasteiger partial charge in [0, 0.05) is 32.2 Å². The van der Waals surface area contributed by atoms with Gasteiger partial charge in [-0.1, -0.05) is 103 Å². The van der Waals surface area contributed by atoms with Crippen LogP contribution in [0.2, 0.25) is 0 Å². The van der Waals surface area contributed by atoms with Gasteiger partial charge < -0.3 is 15.2 Å². The third-order valence-corrected chi connectivity index (χ3v) is 6.45. The summed E-state index contributed by atoms with van der Waals surface area (Å²) in [6.45, 7) is 3.54. The normalized spacial score (nSPS) is 11.0. The third kappa shape index (κ3) is 28.7. The molecule has 6 heteroatoms. The molecule has 0 spiro atoms. The summed E-state index contributed by atoms with van der Waals surface area (Å²) in [7, 11) is 0. The highest BCUT2D eigenvalue weighted by atomic mass is 16.5. The number of carboxylic acids is 1. The van der Waals surface area contributed by atoms with Gasteiger partial charge in [-0.2, -0.15) is 0 Å². The van der Waals surface area contributed by atoms with Crippen LogP contribution in [-0.4, -0.2) is 42.5 Å². The first-order chi connectivity index (χ1) is 17.1. The molecule has 0 fully saturated rings. The Kier molecular flexibility index (Phi) is 26.1. The van der Waals surface area contributed by atoms with Crippen molar-refractivity contribution in [2.24, 2.45) is 0 Å². The van der Waals surface area contributed by atoms with Crippen molar-refractivity contribution in [3.05, 3.63) is 0 Å². The minimum atomic E-state index is -0.674. The molecule has 0 aromatic rings. The molecule has 0 aromatic heterocycles. The van der Waals surface area contributed by atoms with Crippen molar-refractivity contribution in [3.8, 4) is 0 Å². The summed E-state index contributed by atoms with van der Waals surface area (Å²) in [4.78, 5) is 33.8. The van der Waals surface area contributed by atoms with Gasteiger partial charge in [-0.15, -0.1) is 0 Å². The van der Waals surface area contributed by atoms with E-state index in [1.54, 1.807) is 0 Å². The van der Waals surface area contributed by atoms with Gasteiger partial charge >= 0.3 is 5.97 Å². The maximum atomic E-state index is 11.8. The van der Waals surface area contributed by atoms with Gasteiger partial charge in [-0.3, -0.25) is 14.4 Å². The molecule has 0 atom stereocenters. The highest BCUT2D eigenvalue weighted by Crippen LogP contribution is 2.14. The van der Waals surface area contributed by atoms with E-state index in [-0.39, 0.29) is 11.7 Å². The average molecular weight is 498 g/mol. The second-order valence-corrected chi connectivity index (χ2v) is 9.91. The van der Waals surface area contributed by atoms with Gasteiger partial charge in [-0.05, 0) is 19.3 Å². The molecule has 0 heterocycles. The Hall–Kier alpha value is -1.43. The van der Waals surface area contributed by atoms with Gasteiger partial charge in [-0.25, -0.2) is 0 Å². The number of carbonyl (C=O) groups is 3. The minimum Gasteiger partial charge on any atom is -0.481 e. The van der Waals surface area contributed by atoms with E-state index in [1.807, 2.05) is 0 Å². The summed E-state index contributed by atoms with van der Waals surface area (Å²) in [5, 5.41) is 11.5. The number of aliphatic carboxylic acids is 1. The van der Waals surface area contributed by atoms with E-state index in [0.717, 1.165) is 38.5 Å². The van der Waals surface area contributed by atoms with Gasteiger partial charge in [0.25, 0.3) is 0 Å². The average Bonchev–Trinajstić information content (AvgIpc) is 2.83. The largest absolute Gasteiger partial charge is 0.481 e. The number of carboxylic acid groups (broad SMARTS) is 1. The predicted octanol–water partition coefficient (Wildman–Crippen LogP) is 7.38. The lowest BCUT2D eigenvalue weighted by atomic mass is 10.0. The van der Waals surface area contributed by atoms with Crippen LogP contribution >= 0.6 is 0 Å². The second kappa shape index (κ2) is 27.2. The highest BCUT2D eigenvalue weighted by Gasteiger charge is 2.03. The number of nitrogens with one attached hydrogen (secondary N) is 1. The number of unbranched alkanes of at least 4 members (excludes halogenated alkanes) is 16. The monoisotopic (exact) mass is 497 g/mol. The molecule has 0 aliphatic carbocycles. The summed E-state index contributed by atoms with van der Waals surface area (Å²) in [5.41, 5.74) is 0. The van der Waals surface area contributed by atoms with E-state index >= 15 is 0 Å². The summed E-state index contributed by atoms with van der Waals surface area (Å²) in [5.74, 6) is -0.305. The molecule has 0 aliphatic heterocycles. The zero-order valence-corrected chi connectivity index (χ0v) is 22.8. The van der Waals surface area contributed by atoms with Crippen molar-refractivity contribution in [2.75, 3.05) is 19.8 Å². The molecular weight excluding hydrogens is 442 g/mol. The van der Waals surface area contributed by atoms with Crippen LogP contribution in [0.5, 0.6) is 0 Å². The van der Waals surface area contributed by atoms with Crippen LogP contribution in [0.3, 0.4) is 0 Å². The maximum absolute atomic E-state index is 11.8. The van der Waals surface area contributed by atoms with E-state index in [4.69, 9.17) is 9.84 Å². The fraction of sp³-hybridized carbons (Fsp3) is 0.897. The summed E-state index contributed by atoms with van der Waals surface area (Å²) in [6, 6.07) is 0. The van der Waals surface area contributed by atoms with Crippen LogP contribution in [0.4, 0.5) is 0 Å². The number of ether oxygens (including phenoxy) is 1. The van der Waals surface area contributed by atoms with E-state index < -0.39 is 5.97 Å². The maximum Gasteiger partial charge on any atom is 0.303 e. The standard InChI is InChI=1S/C29H55NO5/c1-2-3-20-27(31)23-25-35-26-24-30-28(32)21-18-16-14-12-10-8-6-4-5-7-9-11-13-15-17-19-22-29(33)34/h2-26H2,1H3,(H,30,32)(H,33,34). The number of hydrogen-bond acceptors (Lipinski definition) is 4. The number of amides is 1. The molecule has 2 N–H and O–H groups in total. The van der Waals surface area contributed by atoms with E-state index in [9.17, 15) is 14.4 Å². The highest BCUT2D eigenvalue weighted by molar-refractivity contribution is 5.78. The molecule has 1 amide bonds. The van der Waals surface area contributed by atoms with Crippen molar-refractivity contribution >= 4 is 17.7 Å². The molecule has 6 nitrogen and oxygen atoms in total. The number of rotatable bonds is 28. The SMILES string of the molecule is CCCCC(=O)CCOCCNC(=O)CCCCCCCCCCCCCCCCCCC(=O)O. The smallest absolute Gasteiger partial charge is 0.303 e. The minimum absolute atomic E-state index is 0.103. The Balaban J connectivity index is 3.20.